The summed E-state index contributed by atoms with van der Waals surface area (Å²) in [5.41, 5.74) is 1.36. The molecule has 1 aliphatic rings. The number of anilines is 1. The molecule has 1 fully saturated rings. The van der Waals surface area contributed by atoms with Crippen LogP contribution in [0.5, 0.6) is 0 Å². The number of carbonyl (C=O) groups excluding carboxylic acids is 2. The van der Waals surface area contributed by atoms with Crippen molar-refractivity contribution in [3.05, 3.63) is 29.8 Å². The fourth-order valence-corrected chi connectivity index (χ4v) is 3.28. The first-order valence-electron chi connectivity index (χ1n) is 9.08. The van der Waals surface area contributed by atoms with E-state index in [4.69, 9.17) is 4.74 Å². The molecule has 1 N–H and O–H groups in total. The van der Waals surface area contributed by atoms with Crippen LogP contribution >= 0.6 is 0 Å². The Labute approximate surface area is 150 Å². The molecule has 0 saturated heterocycles. The predicted octanol–water partition coefficient (Wildman–Crippen LogP) is 3.24. The molecule has 0 bridgehead atoms. The molecule has 1 aromatic carbocycles. The van der Waals surface area contributed by atoms with Crippen LogP contribution in [0, 0.1) is 11.8 Å². The molecule has 0 aromatic heterocycles. The van der Waals surface area contributed by atoms with Gasteiger partial charge in [0.2, 0.25) is 0 Å². The zero-order valence-electron chi connectivity index (χ0n) is 15.9. The summed E-state index contributed by atoms with van der Waals surface area (Å²) in [6.07, 6.45) is 2.52. The van der Waals surface area contributed by atoms with E-state index < -0.39 is 12.1 Å². The Morgan fingerprint density at radius 2 is 1.96 bits per heavy atom. The van der Waals surface area contributed by atoms with Crippen molar-refractivity contribution in [2.45, 2.75) is 52.2 Å². The lowest BCUT2D eigenvalue weighted by Crippen LogP contribution is -2.47. The molecule has 1 aromatic rings. The third-order valence-electron chi connectivity index (χ3n) is 5.29. The molecule has 0 unspecified atom stereocenters. The molecule has 1 saturated carbocycles. The average Bonchev–Trinajstić information content (AvgIpc) is 2.58. The van der Waals surface area contributed by atoms with Crippen LogP contribution in [0.25, 0.3) is 0 Å². The highest BCUT2D eigenvalue weighted by Gasteiger charge is 2.30. The first kappa shape index (κ1) is 19.3. The molecule has 0 radical (unpaired) electrons. The molecule has 5 heteroatoms. The summed E-state index contributed by atoms with van der Waals surface area (Å²) in [4.78, 5) is 26.6. The Morgan fingerprint density at radius 3 is 2.64 bits per heavy atom. The van der Waals surface area contributed by atoms with Crippen LogP contribution < -0.4 is 10.2 Å². The Hall–Kier alpha value is -2.04. The topological polar surface area (TPSA) is 58.6 Å². The molecular weight excluding hydrogens is 316 g/mol. The number of nitrogens with one attached hydrogen (secondary N) is 1. The molecule has 4 atom stereocenters. The number of rotatable bonds is 5. The summed E-state index contributed by atoms with van der Waals surface area (Å²) in [6, 6.07) is 7.35. The van der Waals surface area contributed by atoms with E-state index in [1.165, 1.54) is 6.42 Å². The minimum Gasteiger partial charge on any atom is -0.449 e. The number of nitrogens with zero attached hydrogens (tertiary/aromatic N) is 1. The Morgan fingerprint density at radius 1 is 1.24 bits per heavy atom. The molecule has 25 heavy (non-hydrogen) atoms. The smallest absolute Gasteiger partial charge is 0.338 e. The summed E-state index contributed by atoms with van der Waals surface area (Å²) in [6.45, 7) is 6.03. The van der Waals surface area contributed by atoms with Crippen molar-refractivity contribution in [2.24, 2.45) is 11.8 Å². The number of carbonyl (C=O) groups is 2. The van der Waals surface area contributed by atoms with E-state index in [0.717, 1.165) is 18.5 Å². The van der Waals surface area contributed by atoms with Crippen LogP contribution in [0.3, 0.4) is 0 Å². The third kappa shape index (κ3) is 4.97. The van der Waals surface area contributed by atoms with Crippen LogP contribution in [0.15, 0.2) is 24.3 Å². The second kappa shape index (κ2) is 8.37. The van der Waals surface area contributed by atoms with E-state index >= 15 is 0 Å². The molecule has 1 amide bonds. The van der Waals surface area contributed by atoms with Crippen molar-refractivity contribution >= 4 is 17.6 Å². The summed E-state index contributed by atoms with van der Waals surface area (Å²) < 4.78 is 5.37. The second-order valence-electron chi connectivity index (χ2n) is 7.37. The number of ether oxygens (including phenoxy) is 1. The molecule has 2 rings (SSSR count). The quantitative estimate of drug-likeness (QED) is 0.832. The van der Waals surface area contributed by atoms with Gasteiger partial charge in [-0.05, 0) is 43.4 Å². The summed E-state index contributed by atoms with van der Waals surface area (Å²) in [7, 11) is 3.82. The summed E-state index contributed by atoms with van der Waals surface area (Å²) in [5.74, 6) is 0.350. The van der Waals surface area contributed by atoms with Gasteiger partial charge in [0.1, 0.15) is 0 Å². The number of hydrogen-bond donors (Lipinski definition) is 1. The van der Waals surface area contributed by atoms with Gasteiger partial charge in [-0.3, -0.25) is 4.79 Å². The van der Waals surface area contributed by atoms with Gasteiger partial charge in [0.25, 0.3) is 5.91 Å². The molecule has 1 aliphatic carbocycles. The van der Waals surface area contributed by atoms with Gasteiger partial charge in [-0.2, -0.15) is 0 Å². The minimum absolute atomic E-state index is 0.162. The first-order chi connectivity index (χ1) is 11.8. The molecule has 0 spiro atoms. The molecule has 5 nitrogen and oxygen atoms in total. The maximum absolute atomic E-state index is 12.4. The zero-order valence-corrected chi connectivity index (χ0v) is 15.9. The monoisotopic (exact) mass is 346 g/mol. The van der Waals surface area contributed by atoms with Crippen LogP contribution in [0.4, 0.5) is 5.69 Å². The summed E-state index contributed by atoms with van der Waals surface area (Å²) in [5, 5.41) is 3.06. The number of hydrogen-bond acceptors (Lipinski definition) is 4. The van der Waals surface area contributed by atoms with Gasteiger partial charge < -0.3 is 15.0 Å². The lowest BCUT2D eigenvalue weighted by molar-refractivity contribution is -0.130. The Balaban J connectivity index is 1.94. The average molecular weight is 346 g/mol. The van der Waals surface area contributed by atoms with Gasteiger partial charge in [-0.25, -0.2) is 4.79 Å². The van der Waals surface area contributed by atoms with E-state index in [2.05, 4.69) is 19.2 Å². The van der Waals surface area contributed by atoms with Gasteiger partial charge in [-0.15, -0.1) is 0 Å². The minimum atomic E-state index is -0.806. The normalized spacial score (nSPS) is 24.3. The lowest BCUT2D eigenvalue weighted by atomic mass is 9.78. The maximum atomic E-state index is 12.4. The van der Waals surface area contributed by atoms with Crippen LogP contribution in [0.1, 0.15) is 50.4 Å². The van der Waals surface area contributed by atoms with Gasteiger partial charge >= 0.3 is 5.97 Å². The number of benzene rings is 1. The SMILES string of the molecule is C[C@H]1[C@@H](NC(=O)[C@@H](C)OC(=O)c2cccc(N(C)C)c2)CCC[C@@H]1C. The van der Waals surface area contributed by atoms with Crippen molar-refractivity contribution in [1.29, 1.82) is 0 Å². The van der Waals surface area contributed by atoms with Crippen molar-refractivity contribution in [1.82, 2.24) is 5.32 Å². The highest BCUT2D eigenvalue weighted by Crippen LogP contribution is 2.29. The molecule has 0 heterocycles. The zero-order chi connectivity index (χ0) is 18.6. The van der Waals surface area contributed by atoms with Gasteiger partial charge in [0.05, 0.1) is 5.56 Å². The van der Waals surface area contributed by atoms with E-state index in [-0.39, 0.29) is 11.9 Å². The number of amides is 1. The fraction of sp³-hybridized carbons (Fsp3) is 0.600. The molecule has 0 aliphatic heterocycles. The highest BCUT2D eigenvalue weighted by molar-refractivity contribution is 5.93. The van der Waals surface area contributed by atoms with Gasteiger partial charge in [0, 0.05) is 25.8 Å². The van der Waals surface area contributed by atoms with Crippen molar-refractivity contribution in [3.63, 3.8) is 0 Å². The van der Waals surface area contributed by atoms with E-state index in [1.54, 1.807) is 19.1 Å². The van der Waals surface area contributed by atoms with Crippen LogP contribution in [-0.2, 0) is 9.53 Å². The molecule has 138 valence electrons. The second-order valence-corrected chi connectivity index (χ2v) is 7.37. The van der Waals surface area contributed by atoms with Gasteiger partial charge in [0.15, 0.2) is 6.10 Å². The van der Waals surface area contributed by atoms with Crippen molar-refractivity contribution < 1.29 is 14.3 Å². The van der Waals surface area contributed by atoms with Crippen LogP contribution in [-0.4, -0.2) is 38.1 Å². The lowest BCUT2D eigenvalue weighted by Gasteiger charge is -2.35. The number of esters is 1. The maximum Gasteiger partial charge on any atom is 0.338 e. The third-order valence-corrected chi connectivity index (χ3v) is 5.29. The van der Waals surface area contributed by atoms with Crippen molar-refractivity contribution in [3.8, 4) is 0 Å². The van der Waals surface area contributed by atoms with E-state index in [1.807, 2.05) is 31.1 Å². The Kier molecular flexibility index (Phi) is 6.45. The largest absolute Gasteiger partial charge is 0.449 e. The predicted molar refractivity (Wildman–Crippen MR) is 99.8 cm³/mol. The standard InChI is InChI=1S/C20H30N2O3/c1-13-8-6-11-18(14(13)2)21-19(23)15(3)25-20(24)16-9-7-10-17(12-16)22(4)5/h7,9-10,12-15,18H,6,8,11H2,1-5H3,(H,21,23)/t13-,14+,15+,18-/m0/s1. The highest BCUT2D eigenvalue weighted by atomic mass is 16.5. The fourth-order valence-electron chi connectivity index (χ4n) is 3.28. The van der Waals surface area contributed by atoms with Gasteiger partial charge in [-0.1, -0.05) is 32.8 Å². The van der Waals surface area contributed by atoms with Crippen LogP contribution in [0.2, 0.25) is 0 Å². The van der Waals surface area contributed by atoms with E-state index in [0.29, 0.717) is 17.4 Å². The van der Waals surface area contributed by atoms with Crippen molar-refractivity contribution in [2.75, 3.05) is 19.0 Å². The molecular formula is C20H30N2O3. The Bertz CT molecular complexity index is 615. The summed E-state index contributed by atoms with van der Waals surface area (Å²) >= 11 is 0. The first-order valence-corrected chi connectivity index (χ1v) is 9.08. The van der Waals surface area contributed by atoms with E-state index in [9.17, 15) is 9.59 Å².